The van der Waals surface area contributed by atoms with Gasteiger partial charge in [-0.1, -0.05) is 48.6 Å². The minimum Gasteiger partial charge on any atom is -0.490 e. The Morgan fingerprint density at radius 2 is 1.86 bits per heavy atom. The first-order chi connectivity index (χ1) is 17.4. The van der Waals surface area contributed by atoms with Crippen LogP contribution in [0, 0.1) is 3.57 Å². The molecule has 0 saturated carbocycles. The van der Waals surface area contributed by atoms with Gasteiger partial charge < -0.3 is 14.2 Å². The highest BCUT2D eigenvalue weighted by atomic mass is 127. The number of allylic oxidation sites excluding steroid dienone is 1. The Morgan fingerprint density at radius 3 is 2.50 bits per heavy atom. The molecule has 2 heterocycles. The zero-order valence-electron chi connectivity index (χ0n) is 20.5. The quantitative estimate of drug-likeness (QED) is 0.280. The van der Waals surface area contributed by atoms with Crippen LogP contribution >= 0.6 is 33.9 Å². The van der Waals surface area contributed by atoms with Gasteiger partial charge in [0.25, 0.3) is 5.56 Å². The summed E-state index contributed by atoms with van der Waals surface area (Å²) < 4.78 is 19.7. The van der Waals surface area contributed by atoms with Gasteiger partial charge in [0.1, 0.15) is 0 Å². The molecule has 1 aliphatic heterocycles. The SMILES string of the molecule is CCOc1cc(/C=c2/sc3n(c2=O)[C@H](c2ccccc2)C(C(=O)OC)=C(CC)N=3)cc(I)c1OCC. The molecule has 2 aromatic carbocycles. The van der Waals surface area contributed by atoms with Crippen LogP contribution in [-0.2, 0) is 9.53 Å². The molecule has 0 radical (unpaired) electrons. The molecule has 0 unspecified atom stereocenters. The highest BCUT2D eigenvalue weighted by Gasteiger charge is 2.33. The van der Waals surface area contributed by atoms with E-state index in [4.69, 9.17) is 19.2 Å². The number of ether oxygens (including phenoxy) is 3. The van der Waals surface area contributed by atoms with E-state index in [0.29, 0.717) is 51.7 Å². The van der Waals surface area contributed by atoms with E-state index >= 15 is 0 Å². The molecule has 0 amide bonds. The maximum Gasteiger partial charge on any atom is 0.338 e. The van der Waals surface area contributed by atoms with Crippen LogP contribution in [0.5, 0.6) is 11.5 Å². The molecule has 0 bridgehead atoms. The third-order valence-electron chi connectivity index (χ3n) is 5.68. The van der Waals surface area contributed by atoms with Gasteiger partial charge in [0.05, 0.1) is 45.7 Å². The molecular weight excluding hydrogens is 591 g/mol. The van der Waals surface area contributed by atoms with Crippen molar-refractivity contribution in [2.45, 2.75) is 33.2 Å². The lowest BCUT2D eigenvalue weighted by Crippen LogP contribution is -2.40. The second-order valence-corrected chi connectivity index (χ2v) is 10.1. The molecular formula is C27H27IN2O5S. The standard InChI is InChI=1S/C27H27IN2O5S/c1-5-19-22(26(32)33-4)23(17-11-9-8-10-12-17)30-25(31)21(36-27(30)29-19)15-16-13-18(28)24(35-7-3)20(14-16)34-6-2/h8-15,23H,5-7H2,1-4H3/b21-15+/t23-/m1/s1. The van der Waals surface area contributed by atoms with Gasteiger partial charge in [-0.3, -0.25) is 9.36 Å². The summed E-state index contributed by atoms with van der Waals surface area (Å²) in [6.07, 6.45) is 2.37. The fourth-order valence-corrected chi connectivity index (χ4v) is 5.99. The zero-order chi connectivity index (χ0) is 25.8. The Morgan fingerprint density at radius 1 is 1.14 bits per heavy atom. The number of fused-ring (bicyclic) bond motifs is 1. The largest absolute Gasteiger partial charge is 0.490 e. The molecule has 0 aliphatic carbocycles. The first kappa shape index (κ1) is 26.2. The fraction of sp³-hybridized carbons (Fsp3) is 0.296. The Bertz CT molecular complexity index is 1490. The lowest BCUT2D eigenvalue weighted by molar-refractivity contribution is -0.136. The number of benzene rings is 2. The summed E-state index contributed by atoms with van der Waals surface area (Å²) >= 11 is 3.52. The number of thiazole rings is 1. The first-order valence-corrected chi connectivity index (χ1v) is 13.6. The molecule has 9 heteroatoms. The lowest BCUT2D eigenvalue weighted by atomic mass is 9.95. The van der Waals surface area contributed by atoms with E-state index in [1.807, 2.05) is 69.3 Å². The van der Waals surface area contributed by atoms with Crippen molar-refractivity contribution in [2.75, 3.05) is 20.3 Å². The number of hydrogen-bond donors (Lipinski definition) is 0. The highest BCUT2D eigenvalue weighted by molar-refractivity contribution is 14.1. The molecule has 7 nitrogen and oxygen atoms in total. The van der Waals surface area contributed by atoms with Crippen LogP contribution in [0.1, 0.15) is 44.4 Å². The first-order valence-electron chi connectivity index (χ1n) is 11.7. The summed E-state index contributed by atoms with van der Waals surface area (Å²) in [5.74, 6) is 0.841. The number of esters is 1. The molecule has 3 aromatic rings. The van der Waals surface area contributed by atoms with Crippen LogP contribution in [0.3, 0.4) is 0 Å². The normalized spacial score (nSPS) is 15.4. The van der Waals surface area contributed by atoms with Crippen molar-refractivity contribution < 1.29 is 19.0 Å². The number of hydrogen-bond acceptors (Lipinski definition) is 7. The van der Waals surface area contributed by atoms with Crippen LogP contribution in [0.25, 0.3) is 6.08 Å². The second kappa shape index (κ2) is 11.4. The molecule has 36 heavy (non-hydrogen) atoms. The Balaban J connectivity index is 1.94. The summed E-state index contributed by atoms with van der Waals surface area (Å²) in [5.41, 5.74) is 2.43. The van der Waals surface area contributed by atoms with E-state index < -0.39 is 12.0 Å². The topological polar surface area (TPSA) is 79.1 Å². The third kappa shape index (κ3) is 4.99. The minimum atomic E-state index is -0.619. The average molecular weight is 618 g/mol. The summed E-state index contributed by atoms with van der Waals surface area (Å²) in [6, 6.07) is 12.7. The lowest BCUT2D eigenvalue weighted by Gasteiger charge is -2.25. The predicted octanol–water partition coefficient (Wildman–Crippen LogP) is 4.20. The van der Waals surface area contributed by atoms with Crippen LogP contribution in [0.4, 0.5) is 0 Å². The van der Waals surface area contributed by atoms with Crippen LogP contribution in [-0.4, -0.2) is 30.9 Å². The molecule has 188 valence electrons. The third-order valence-corrected chi connectivity index (χ3v) is 7.47. The number of carbonyl (C=O) groups is 1. The van der Waals surface area contributed by atoms with Crippen molar-refractivity contribution in [3.63, 3.8) is 0 Å². The molecule has 0 spiro atoms. The van der Waals surface area contributed by atoms with E-state index in [2.05, 4.69) is 22.6 Å². The Hall–Kier alpha value is -2.92. The van der Waals surface area contributed by atoms with Gasteiger partial charge in [0.15, 0.2) is 16.3 Å². The molecule has 1 atom stereocenters. The van der Waals surface area contributed by atoms with Crippen molar-refractivity contribution in [3.05, 3.63) is 88.1 Å². The second-order valence-electron chi connectivity index (χ2n) is 7.89. The van der Waals surface area contributed by atoms with Gasteiger partial charge >= 0.3 is 5.97 Å². The van der Waals surface area contributed by atoms with Crippen molar-refractivity contribution in [1.82, 2.24) is 4.57 Å². The fourth-order valence-electron chi connectivity index (χ4n) is 4.18. The minimum absolute atomic E-state index is 0.217. The molecule has 0 fully saturated rings. The van der Waals surface area contributed by atoms with Crippen molar-refractivity contribution in [2.24, 2.45) is 4.99 Å². The average Bonchev–Trinajstić information content (AvgIpc) is 3.19. The van der Waals surface area contributed by atoms with E-state index in [9.17, 15) is 9.59 Å². The van der Waals surface area contributed by atoms with Crippen molar-refractivity contribution >= 4 is 46.0 Å². The Kier molecular flexibility index (Phi) is 8.30. The summed E-state index contributed by atoms with van der Waals surface area (Å²) in [4.78, 5) is 31.9. The van der Waals surface area contributed by atoms with E-state index in [1.165, 1.54) is 18.4 Å². The van der Waals surface area contributed by atoms with Gasteiger partial charge in [-0.25, -0.2) is 9.79 Å². The monoisotopic (exact) mass is 618 g/mol. The van der Waals surface area contributed by atoms with E-state index in [1.54, 1.807) is 4.57 Å². The molecule has 1 aliphatic rings. The van der Waals surface area contributed by atoms with E-state index in [0.717, 1.165) is 14.7 Å². The molecule has 1 aromatic heterocycles. The maximum absolute atomic E-state index is 13.8. The van der Waals surface area contributed by atoms with Gasteiger partial charge in [0.2, 0.25) is 0 Å². The summed E-state index contributed by atoms with van der Waals surface area (Å²) in [6.45, 7) is 6.80. The van der Waals surface area contributed by atoms with Crippen LogP contribution < -0.4 is 24.4 Å². The van der Waals surface area contributed by atoms with Crippen LogP contribution in [0.2, 0.25) is 0 Å². The van der Waals surface area contributed by atoms with Gasteiger partial charge in [-0.2, -0.15) is 0 Å². The van der Waals surface area contributed by atoms with Gasteiger partial charge in [0, 0.05) is 0 Å². The van der Waals surface area contributed by atoms with Crippen molar-refractivity contribution in [3.8, 4) is 11.5 Å². The van der Waals surface area contributed by atoms with Gasteiger partial charge in [-0.05, 0) is 72.2 Å². The number of carbonyl (C=O) groups excluding carboxylic acids is 1. The number of nitrogens with zero attached hydrogens (tertiary/aromatic N) is 2. The number of halogens is 1. The highest BCUT2D eigenvalue weighted by Crippen LogP contribution is 2.35. The maximum atomic E-state index is 13.8. The van der Waals surface area contributed by atoms with E-state index in [-0.39, 0.29) is 5.56 Å². The van der Waals surface area contributed by atoms with Crippen molar-refractivity contribution in [1.29, 1.82) is 0 Å². The van der Waals surface area contributed by atoms with Gasteiger partial charge in [-0.15, -0.1) is 0 Å². The summed E-state index contributed by atoms with van der Waals surface area (Å²) in [5, 5.41) is 0. The molecule has 4 rings (SSSR count). The Labute approximate surface area is 226 Å². The number of methoxy groups -OCH3 is 1. The molecule has 0 N–H and O–H groups in total. The zero-order valence-corrected chi connectivity index (χ0v) is 23.5. The number of aromatic nitrogens is 1. The molecule has 0 saturated heterocycles. The smallest absolute Gasteiger partial charge is 0.338 e. The predicted molar refractivity (Wildman–Crippen MR) is 148 cm³/mol. The van der Waals surface area contributed by atoms with Crippen LogP contribution in [0.15, 0.2) is 63.5 Å². The number of rotatable bonds is 8. The summed E-state index contributed by atoms with van der Waals surface area (Å²) in [7, 11) is 1.35.